The maximum Gasteiger partial charge on any atom is 0.164 e. The van der Waals surface area contributed by atoms with E-state index in [4.69, 9.17) is 15.0 Å². The molecular formula is C48H32N4. The van der Waals surface area contributed by atoms with Crippen LogP contribution >= 0.6 is 0 Å². The summed E-state index contributed by atoms with van der Waals surface area (Å²) in [5.74, 6) is 1.98. The Morgan fingerprint density at radius 2 is 0.962 bits per heavy atom. The van der Waals surface area contributed by atoms with Gasteiger partial charge >= 0.3 is 0 Å². The van der Waals surface area contributed by atoms with E-state index >= 15 is 0 Å². The number of para-hydroxylation sites is 2. The minimum Gasteiger partial charge on any atom is -0.307 e. The fourth-order valence-corrected chi connectivity index (χ4v) is 8.86. The normalized spacial score (nSPS) is 13.3. The van der Waals surface area contributed by atoms with E-state index in [1.54, 1.807) is 0 Å². The molecule has 11 rings (SSSR count). The summed E-state index contributed by atoms with van der Waals surface area (Å²) in [6, 6.07) is 56.2. The smallest absolute Gasteiger partial charge is 0.164 e. The molecular weight excluding hydrogens is 633 g/mol. The Kier molecular flexibility index (Phi) is 5.98. The second-order valence-electron chi connectivity index (χ2n) is 14.4. The van der Waals surface area contributed by atoms with Gasteiger partial charge in [-0.3, -0.25) is 0 Å². The predicted octanol–water partition coefficient (Wildman–Crippen LogP) is 12.0. The lowest BCUT2D eigenvalue weighted by Crippen LogP contribution is -2.14. The highest BCUT2D eigenvalue weighted by Crippen LogP contribution is 2.53. The third-order valence-corrected chi connectivity index (χ3v) is 11.2. The molecule has 0 atom stereocenters. The second kappa shape index (κ2) is 10.7. The van der Waals surface area contributed by atoms with Crippen LogP contribution in [0.1, 0.15) is 25.0 Å². The van der Waals surface area contributed by atoms with Crippen LogP contribution in [0.4, 0.5) is 0 Å². The highest BCUT2D eigenvalue weighted by atomic mass is 15.0. The summed E-state index contributed by atoms with van der Waals surface area (Å²) in [6.45, 7) is 4.70. The van der Waals surface area contributed by atoms with E-state index in [1.807, 2.05) is 36.4 Å². The summed E-state index contributed by atoms with van der Waals surface area (Å²) in [4.78, 5) is 15.3. The molecule has 0 aliphatic heterocycles. The van der Waals surface area contributed by atoms with Gasteiger partial charge in [-0.15, -0.1) is 0 Å². The third kappa shape index (κ3) is 3.95. The van der Waals surface area contributed by atoms with Gasteiger partial charge in [0.05, 0.1) is 16.6 Å². The summed E-state index contributed by atoms with van der Waals surface area (Å²) < 4.78 is 2.50. The summed E-state index contributed by atoms with van der Waals surface area (Å²) in [5.41, 5.74) is 14.4. The maximum absolute atomic E-state index is 5.17. The van der Waals surface area contributed by atoms with E-state index < -0.39 is 0 Å². The van der Waals surface area contributed by atoms with Gasteiger partial charge < -0.3 is 4.40 Å². The Bertz CT molecular complexity index is 2970. The van der Waals surface area contributed by atoms with Gasteiger partial charge in [-0.1, -0.05) is 159 Å². The Morgan fingerprint density at radius 1 is 0.404 bits per heavy atom. The molecule has 1 aliphatic rings. The van der Waals surface area contributed by atoms with E-state index in [1.165, 1.54) is 66.1 Å². The van der Waals surface area contributed by atoms with Crippen molar-refractivity contribution in [1.29, 1.82) is 0 Å². The molecule has 0 saturated carbocycles. The fraction of sp³-hybridized carbons (Fsp3) is 0.0625. The van der Waals surface area contributed by atoms with Gasteiger partial charge in [0.25, 0.3) is 0 Å². The Balaban J connectivity index is 1.23. The summed E-state index contributed by atoms with van der Waals surface area (Å²) in [6.07, 6.45) is 0. The lowest BCUT2D eigenvalue weighted by atomic mass is 9.82. The molecule has 244 valence electrons. The molecule has 7 aromatic carbocycles. The van der Waals surface area contributed by atoms with Crippen molar-refractivity contribution < 1.29 is 0 Å². The lowest BCUT2D eigenvalue weighted by molar-refractivity contribution is 0.660. The van der Waals surface area contributed by atoms with Crippen LogP contribution in [0, 0.1) is 0 Å². The molecule has 3 heterocycles. The van der Waals surface area contributed by atoms with Crippen molar-refractivity contribution in [1.82, 2.24) is 19.4 Å². The van der Waals surface area contributed by atoms with Crippen LogP contribution in [0.5, 0.6) is 0 Å². The van der Waals surface area contributed by atoms with Gasteiger partial charge in [0.15, 0.2) is 17.5 Å². The van der Waals surface area contributed by atoms with Gasteiger partial charge in [-0.2, -0.15) is 0 Å². The predicted molar refractivity (Wildman–Crippen MR) is 214 cm³/mol. The third-order valence-electron chi connectivity index (χ3n) is 11.2. The summed E-state index contributed by atoms with van der Waals surface area (Å²) >= 11 is 0. The van der Waals surface area contributed by atoms with Crippen LogP contribution in [0.3, 0.4) is 0 Å². The molecule has 0 spiro atoms. The number of nitrogens with zero attached hydrogens (tertiary/aromatic N) is 4. The minimum absolute atomic E-state index is 0.0765. The minimum atomic E-state index is -0.0765. The van der Waals surface area contributed by atoms with Crippen molar-refractivity contribution >= 4 is 38.1 Å². The molecule has 4 heteroatoms. The van der Waals surface area contributed by atoms with Crippen LogP contribution in [-0.4, -0.2) is 19.4 Å². The van der Waals surface area contributed by atoms with Crippen molar-refractivity contribution in [2.75, 3.05) is 0 Å². The molecule has 0 N–H and O–H groups in total. The van der Waals surface area contributed by atoms with E-state index in [2.05, 4.69) is 140 Å². The van der Waals surface area contributed by atoms with Crippen molar-refractivity contribution in [3.8, 4) is 56.4 Å². The first kappa shape index (κ1) is 29.1. The van der Waals surface area contributed by atoms with Crippen LogP contribution < -0.4 is 0 Å². The molecule has 1 aliphatic carbocycles. The average molecular weight is 665 g/mol. The Hall–Kier alpha value is -6.65. The molecule has 0 unspecified atom stereocenters. The van der Waals surface area contributed by atoms with Crippen LogP contribution in [0.2, 0.25) is 0 Å². The molecule has 52 heavy (non-hydrogen) atoms. The maximum atomic E-state index is 5.17. The van der Waals surface area contributed by atoms with Crippen molar-refractivity contribution in [2.24, 2.45) is 0 Å². The first-order valence-electron chi connectivity index (χ1n) is 17.9. The Morgan fingerprint density at radius 3 is 1.73 bits per heavy atom. The topological polar surface area (TPSA) is 43.1 Å². The number of rotatable bonds is 4. The van der Waals surface area contributed by atoms with Gasteiger partial charge in [-0.05, 0) is 39.9 Å². The Labute approximate surface area is 301 Å². The molecule has 0 radical (unpaired) electrons. The number of benzene rings is 7. The van der Waals surface area contributed by atoms with Crippen LogP contribution in [-0.2, 0) is 5.41 Å². The average Bonchev–Trinajstić information content (AvgIpc) is 3.81. The highest BCUT2D eigenvalue weighted by Gasteiger charge is 2.37. The highest BCUT2D eigenvalue weighted by molar-refractivity contribution is 6.28. The van der Waals surface area contributed by atoms with Crippen molar-refractivity contribution in [2.45, 2.75) is 19.3 Å². The van der Waals surface area contributed by atoms with E-state index in [9.17, 15) is 0 Å². The second-order valence-corrected chi connectivity index (χ2v) is 14.4. The molecule has 3 aromatic heterocycles. The standard InChI is InChI=1S/C48H32N4/c1-48(2)38-24-11-9-19-35(38)41-31(21-14-25-39(41)48)32-22-13-23-33-34-27-28-37(42-36-20-10-12-26-40(36)52(43(32)33)44(34)42)47-50-45(29-15-5-3-6-16-29)49-46(51-47)30-17-7-4-8-18-30/h3-28H,1-2H3. The fourth-order valence-electron chi connectivity index (χ4n) is 8.86. The van der Waals surface area contributed by atoms with Crippen molar-refractivity contribution in [3.05, 3.63) is 169 Å². The van der Waals surface area contributed by atoms with E-state index in [-0.39, 0.29) is 5.41 Å². The molecule has 0 bridgehead atoms. The van der Waals surface area contributed by atoms with Crippen LogP contribution in [0.25, 0.3) is 94.5 Å². The SMILES string of the molecule is CC1(C)c2ccccc2-c2c(-c3cccc4c5ccc(-c6nc(-c7ccccc7)nc(-c7ccccc7)n6)c6c7ccccc7n(c34)c56)cccc21. The zero-order chi connectivity index (χ0) is 34.6. The molecule has 0 amide bonds. The zero-order valence-corrected chi connectivity index (χ0v) is 28.8. The van der Waals surface area contributed by atoms with Gasteiger partial charge in [-0.25, -0.2) is 15.0 Å². The van der Waals surface area contributed by atoms with Gasteiger partial charge in [0, 0.05) is 49.2 Å². The summed E-state index contributed by atoms with van der Waals surface area (Å²) in [7, 11) is 0. The van der Waals surface area contributed by atoms with E-state index in [0.29, 0.717) is 17.5 Å². The largest absolute Gasteiger partial charge is 0.307 e. The monoisotopic (exact) mass is 664 g/mol. The first-order valence-corrected chi connectivity index (χ1v) is 17.9. The number of hydrogen-bond donors (Lipinski definition) is 0. The first-order chi connectivity index (χ1) is 25.6. The molecule has 10 aromatic rings. The van der Waals surface area contributed by atoms with Gasteiger partial charge in [0.1, 0.15) is 0 Å². The van der Waals surface area contributed by atoms with Crippen molar-refractivity contribution in [3.63, 3.8) is 0 Å². The summed E-state index contributed by atoms with van der Waals surface area (Å²) in [5, 5.41) is 4.80. The van der Waals surface area contributed by atoms with Gasteiger partial charge in [0.2, 0.25) is 0 Å². The zero-order valence-electron chi connectivity index (χ0n) is 28.8. The molecule has 0 saturated heterocycles. The van der Waals surface area contributed by atoms with Crippen LogP contribution in [0.15, 0.2) is 158 Å². The quantitative estimate of drug-likeness (QED) is 0.188. The molecule has 0 fully saturated rings. The number of aromatic nitrogens is 4. The molecule has 4 nitrogen and oxygen atoms in total. The number of hydrogen-bond acceptors (Lipinski definition) is 3. The lowest BCUT2D eigenvalue weighted by Gasteiger charge is -2.21. The van der Waals surface area contributed by atoms with E-state index in [0.717, 1.165) is 22.1 Å². The number of fused-ring (bicyclic) bond motifs is 9.